The van der Waals surface area contributed by atoms with Gasteiger partial charge in [0.2, 0.25) is 0 Å². The summed E-state index contributed by atoms with van der Waals surface area (Å²) in [6.07, 6.45) is 0.935. The van der Waals surface area contributed by atoms with Crippen LogP contribution in [0.2, 0.25) is 0 Å². The second-order valence-electron chi connectivity index (χ2n) is 6.44. The van der Waals surface area contributed by atoms with Crippen molar-refractivity contribution >= 4 is 12.0 Å². The molecule has 126 valence electrons. The lowest BCUT2D eigenvalue weighted by Crippen LogP contribution is -2.23. The number of rotatable bonds is 6. The highest BCUT2D eigenvalue weighted by Crippen LogP contribution is 2.27. The number of aldehydes is 1. The van der Waals surface area contributed by atoms with Crippen LogP contribution in [0.5, 0.6) is 0 Å². The lowest BCUT2D eigenvalue weighted by molar-refractivity contribution is 0.112. The molecule has 0 aliphatic rings. The Labute approximate surface area is 149 Å². The Kier molecular flexibility index (Phi) is 5.30. The Balaban J connectivity index is 1.98. The number of aryl methyl sites for hydroxylation is 2. The first-order chi connectivity index (χ1) is 12.2. The molecule has 0 heterocycles. The Morgan fingerprint density at radius 1 is 0.760 bits per heavy atom. The summed E-state index contributed by atoms with van der Waals surface area (Å²) in [5.74, 6) is 0. The van der Waals surface area contributed by atoms with Gasteiger partial charge in [-0.25, -0.2) is 0 Å². The molecule has 0 N–H and O–H groups in total. The zero-order chi connectivity index (χ0) is 17.6. The summed E-state index contributed by atoms with van der Waals surface area (Å²) in [6.45, 7) is 5.73. The molecule has 0 fully saturated rings. The van der Waals surface area contributed by atoms with Crippen molar-refractivity contribution in [3.05, 3.63) is 101 Å². The van der Waals surface area contributed by atoms with Gasteiger partial charge < -0.3 is 4.90 Å². The van der Waals surface area contributed by atoms with Crippen LogP contribution in [0, 0.1) is 13.8 Å². The third kappa shape index (κ3) is 4.16. The lowest BCUT2D eigenvalue weighted by atomic mass is 10.0. The minimum absolute atomic E-state index is 0.764. The zero-order valence-electron chi connectivity index (χ0n) is 14.8. The highest BCUT2D eigenvalue weighted by atomic mass is 16.1. The van der Waals surface area contributed by atoms with Gasteiger partial charge in [0, 0.05) is 24.3 Å². The molecule has 2 heteroatoms. The summed E-state index contributed by atoms with van der Waals surface area (Å²) in [7, 11) is 0. The van der Waals surface area contributed by atoms with Crippen LogP contribution in [0.4, 0.5) is 5.69 Å². The number of nitrogens with zero attached hydrogens (tertiary/aromatic N) is 1. The van der Waals surface area contributed by atoms with E-state index in [0.29, 0.717) is 0 Å². The largest absolute Gasteiger partial charge is 0.363 e. The predicted octanol–water partition coefficient (Wildman–Crippen LogP) is 5.32. The third-order valence-electron chi connectivity index (χ3n) is 4.48. The second kappa shape index (κ2) is 7.80. The SMILES string of the molecule is Cc1cc(N(Cc2ccccc2)Cc2ccccc2)c(C)cc1C=O. The summed E-state index contributed by atoms with van der Waals surface area (Å²) < 4.78 is 0. The lowest BCUT2D eigenvalue weighted by Gasteiger charge is -2.28. The van der Waals surface area contributed by atoms with Crippen molar-refractivity contribution in [3.63, 3.8) is 0 Å². The van der Waals surface area contributed by atoms with E-state index in [-0.39, 0.29) is 0 Å². The molecule has 0 unspecified atom stereocenters. The van der Waals surface area contributed by atoms with Gasteiger partial charge >= 0.3 is 0 Å². The molecule has 0 radical (unpaired) electrons. The second-order valence-corrected chi connectivity index (χ2v) is 6.44. The van der Waals surface area contributed by atoms with Crippen molar-refractivity contribution in [1.29, 1.82) is 0 Å². The molecule has 0 bridgehead atoms. The Hall–Kier alpha value is -2.87. The smallest absolute Gasteiger partial charge is 0.150 e. The number of carbonyl (C=O) groups excluding carboxylic acids is 1. The van der Waals surface area contributed by atoms with E-state index in [1.54, 1.807) is 0 Å². The van der Waals surface area contributed by atoms with E-state index in [4.69, 9.17) is 0 Å². The van der Waals surface area contributed by atoms with Gasteiger partial charge in [0.25, 0.3) is 0 Å². The zero-order valence-corrected chi connectivity index (χ0v) is 14.8. The first-order valence-electron chi connectivity index (χ1n) is 8.56. The number of anilines is 1. The Morgan fingerprint density at radius 2 is 1.28 bits per heavy atom. The molecular weight excluding hydrogens is 306 g/mol. The fourth-order valence-corrected chi connectivity index (χ4v) is 3.12. The Morgan fingerprint density at radius 3 is 1.76 bits per heavy atom. The van der Waals surface area contributed by atoms with Crippen molar-refractivity contribution in [3.8, 4) is 0 Å². The standard InChI is InChI=1S/C23H23NO/c1-18-14-23(19(2)13-22(18)17-25)24(15-20-9-5-3-6-10-20)16-21-11-7-4-8-12-21/h3-14,17H,15-16H2,1-2H3. The van der Waals surface area contributed by atoms with Gasteiger partial charge in [0.05, 0.1) is 0 Å². The van der Waals surface area contributed by atoms with Crippen LogP contribution >= 0.6 is 0 Å². The summed E-state index contributed by atoms with van der Waals surface area (Å²) in [4.78, 5) is 13.6. The van der Waals surface area contributed by atoms with E-state index < -0.39 is 0 Å². The maximum absolute atomic E-state index is 11.2. The fraction of sp³-hybridized carbons (Fsp3) is 0.174. The van der Waals surface area contributed by atoms with E-state index in [0.717, 1.165) is 36.1 Å². The monoisotopic (exact) mass is 329 g/mol. The first-order valence-corrected chi connectivity index (χ1v) is 8.56. The summed E-state index contributed by atoms with van der Waals surface area (Å²) in [5, 5.41) is 0. The highest BCUT2D eigenvalue weighted by Gasteiger charge is 2.13. The maximum Gasteiger partial charge on any atom is 0.150 e. The molecule has 0 saturated heterocycles. The van der Waals surface area contributed by atoms with E-state index >= 15 is 0 Å². The minimum Gasteiger partial charge on any atom is -0.363 e. The van der Waals surface area contributed by atoms with Crippen LogP contribution in [0.1, 0.15) is 32.6 Å². The van der Waals surface area contributed by atoms with Gasteiger partial charge in [-0.15, -0.1) is 0 Å². The maximum atomic E-state index is 11.2. The summed E-state index contributed by atoms with van der Waals surface area (Å²) in [5.41, 5.74) is 6.63. The normalized spacial score (nSPS) is 10.5. The van der Waals surface area contributed by atoms with Gasteiger partial charge in [0.15, 0.2) is 0 Å². The summed E-state index contributed by atoms with van der Waals surface area (Å²) >= 11 is 0. The minimum atomic E-state index is 0.764. The van der Waals surface area contributed by atoms with E-state index in [9.17, 15) is 4.79 Å². The van der Waals surface area contributed by atoms with Crippen molar-refractivity contribution in [2.24, 2.45) is 0 Å². The topological polar surface area (TPSA) is 20.3 Å². The average Bonchev–Trinajstić information content (AvgIpc) is 2.64. The molecule has 3 aromatic rings. The molecular formula is C23H23NO. The quantitative estimate of drug-likeness (QED) is 0.570. The predicted molar refractivity (Wildman–Crippen MR) is 104 cm³/mol. The third-order valence-corrected chi connectivity index (χ3v) is 4.48. The van der Waals surface area contributed by atoms with E-state index in [1.807, 2.05) is 25.1 Å². The average molecular weight is 329 g/mol. The van der Waals surface area contributed by atoms with Crippen LogP contribution in [0.15, 0.2) is 72.8 Å². The first kappa shape index (κ1) is 17.0. The molecule has 0 spiro atoms. The molecule has 0 aromatic heterocycles. The van der Waals surface area contributed by atoms with Crippen LogP contribution in [-0.2, 0) is 13.1 Å². The number of hydrogen-bond acceptors (Lipinski definition) is 2. The molecule has 25 heavy (non-hydrogen) atoms. The summed E-state index contributed by atoms with van der Waals surface area (Å²) in [6, 6.07) is 25.1. The van der Waals surface area contributed by atoms with Gasteiger partial charge in [0.1, 0.15) is 6.29 Å². The number of carbonyl (C=O) groups is 1. The van der Waals surface area contributed by atoms with Crippen molar-refractivity contribution in [2.45, 2.75) is 26.9 Å². The molecule has 0 amide bonds. The van der Waals surface area contributed by atoms with Gasteiger partial charge in [-0.1, -0.05) is 60.7 Å². The van der Waals surface area contributed by atoms with Gasteiger partial charge in [-0.3, -0.25) is 4.79 Å². The molecule has 3 rings (SSSR count). The molecule has 2 nitrogen and oxygen atoms in total. The molecule has 0 atom stereocenters. The van der Waals surface area contributed by atoms with Gasteiger partial charge in [-0.2, -0.15) is 0 Å². The fourth-order valence-electron chi connectivity index (χ4n) is 3.12. The number of hydrogen-bond donors (Lipinski definition) is 0. The highest BCUT2D eigenvalue weighted by molar-refractivity contribution is 5.79. The molecule has 0 aliphatic heterocycles. The van der Waals surface area contributed by atoms with Crippen molar-refractivity contribution in [2.75, 3.05) is 4.90 Å². The van der Waals surface area contributed by atoms with Crippen LogP contribution in [0.3, 0.4) is 0 Å². The van der Waals surface area contributed by atoms with Crippen molar-refractivity contribution < 1.29 is 4.79 Å². The van der Waals surface area contributed by atoms with Crippen LogP contribution < -0.4 is 4.90 Å². The molecule has 3 aromatic carbocycles. The van der Waals surface area contributed by atoms with Crippen LogP contribution in [-0.4, -0.2) is 6.29 Å². The Bertz CT molecular complexity index is 799. The van der Waals surface area contributed by atoms with E-state index in [1.165, 1.54) is 16.8 Å². The van der Waals surface area contributed by atoms with E-state index in [2.05, 4.69) is 66.4 Å². The van der Waals surface area contributed by atoms with Crippen molar-refractivity contribution in [1.82, 2.24) is 0 Å². The molecule has 0 saturated carbocycles. The number of benzene rings is 3. The van der Waals surface area contributed by atoms with Crippen LogP contribution in [0.25, 0.3) is 0 Å². The van der Waals surface area contributed by atoms with Gasteiger partial charge in [-0.05, 0) is 48.2 Å². The molecule has 0 aliphatic carbocycles.